The van der Waals surface area contributed by atoms with Crippen LogP contribution in [-0.4, -0.2) is 55.8 Å². The summed E-state index contributed by atoms with van der Waals surface area (Å²) in [5, 5.41) is 19.2. The predicted octanol–water partition coefficient (Wildman–Crippen LogP) is 3.43. The van der Waals surface area contributed by atoms with Crippen molar-refractivity contribution in [3.05, 3.63) is 52.2 Å². The first-order chi connectivity index (χ1) is 13.9. The highest BCUT2D eigenvalue weighted by molar-refractivity contribution is 7.10. The summed E-state index contributed by atoms with van der Waals surface area (Å²) < 4.78 is 5.72. The van der Waals surface area contributed by atoms with E-state index in [2.05, 4.69) is 47.1 Å². The van der Waals surface area contributed by atoms with Gasteiger partial charge >= 0.3 is 0 Å². The van der Waals surface area contributed by atoms with Gasteiger partial charge in [0.1, 0.15) is 5.75 Å². The fourth-order valence-corrected chi connectivity index (χ4v) is 3.80. The monoisotopic (exact) mass is 418 g/mol. The van der Waals surface area contributed by atoms with E-state index >= 15 is 0 Å². The lowest BCUT2D eigenvalue weighted by molar-refractivity contribution is 0.179. The number of rotatable bonds is 10. The number of hydrogen-bond donors (Lipinski definition) is 3. The number of likely N-dealkylation sites (N-methyl/N-ethyl adjacent to an activating group) is 1. The van der Waals surface area contributed by atoms with Crippen molar-refractivity contribution in [3.8, 4) is 5.75 Å². The van der Waals surface area contributed by atoms with Crippen molar-refractivity contribution in [3.63, 3.8) is 0 Å². The molecule has 3 N–H and O–H groups in total. The van der Waals surface area contributed by atoms with Gasteiger partial charge < -0.3 is 25.4 Å². The summed E-state index contributed by atoms with van der Waals surface area (Å²) in [5.74, 6) is 1.46. The Balaban J connectivity index is 2.00. The fraction of sp³-hybridized carbons (Fsp3) is 0.500. The van der Waals surface area contributed by atoms with Gasteiger partial charge in [-0.15, -0.1) is 11.3 Å². The summed E-state index contributed by atoms with van der Waals surface area (Å²) in [7, 11) is 4.13. The number of benzene rings is 1. The highest BCUT2D eigenvalue weighted by Gasteiger charge is 2.15. The molecule has 0 fully saturated rings. The minimum absolute atomic E-state index is 0.0981. The van der Waals surface area contributed by atoms with Gasteiger partial charge in [0.15, 0.2) is 5.96 Å². The molecule has 0 aliphatic heterocycles. The van der Waals surface area contributed by atoms with Crippen LogP contribution >= 0.6 is 11.3 Å². The van der Waals surface area contributed by atoms with Crippen molar-refractivity contribution in [2.45, 2.75) is 39.0 Å². The average molecular weight is 419 g/mol. The third-order valence-corrected chi connectivity index (χ3v) is 5.31. The topological polar surface area (TPSA) is 69.1 Å². The van der Waals surface area contributed by atoms with Crippen LogP contribution in [-0.2, 0) is 0 Å². The van der Waals surface area contributed by atoms with E-state index in [0.717, 1.165) is 17.9 Å². The van der Waals surface area contributed by atoms with Gasteiger partial charge in [-0.3, -0.25) is 4.99 Å². The lowest BCUT2D eigenvalue weighted by atomic mass is 10.1. The first-order valence-corrected chi connectivity index (χ1v) is 10.9. The van der Waals surface area contributed by atoms with Crippen molar-refractivity contribution in [1.82, 2.24) is 15.5 Å². The van der Waals surface area contributed by atoms with Gasteiger partial charge in [-0.1, -0.05) is 18.2 Å². The van der Waals surface area contributed by atoms with Gasteiger partial charge in [0.05, 0.1) is 24.8 Å². The van der Waals surface area contributed by atoms with Crippen LogP contribution in [0.5, 0.6) is 5.75 Å². The summed E-state index contributed by atoms with van der Waals surface area (Å²) in [6, 6.07) is 12.0. The summed E-state index contributed by atoms with van der Waals surface area (Å²) in [6.45, 7) is 7.76. The number of aliphatic hydroxyl groups is 1. The molecule has 0 aliphatic rings. The number of ether oxygens (including phenoxy) is 1. The minimum atomic E-state index is -0.656. The second-order valence-electron chi connectivity index (χ2n) is 7.35. The van der Waals surface area contributed by atoms with Crippen LogP contribution < -0.4 is 15.4 Å². The maximum Gasteiger partial charge on any atom is 0.191 e. The number of nitrogens with zero attached hydrogens (tertiary/aromatic N) is 2. The maximum absolute atomic E-state index is 10.6. The second-order valence-corrected chi connectivity index (χ2v) is 8.33. The molecule has 0 amide bonds. The van der Waals surface area contributed by atoms with Crippen molar-refractivity contribution in [2.24, 2.45) is 4.99 Å². The van der Waals surface area contributed by atoms with Crippen molar-refractivity contribution in [1.29, 1.82) is 0 Å². The molecule has 2 rings (SSSR count). The summed E-state index contributed by atoms with van der Waals surface area (Å²) in [6.07, 6.45) is -0.558. The lowest BCUT2D eigenvalue weighted by Crippen LogP contribution is -2.40. The molecule has 2 aromatic rings. The maximum atomic E-state index is 10.6. The zero-order valence-electron chi connectivity index (χ0n) is 18.1. The normalized spacial score (nSPS) is 14.1. The molecular formula is C22H34N4O2S. The molecule has 1 heterocycles. The number of nitrogens with one attached hydrogen (secondary N) is 2. The smallest absolute Gasteiger partial charge is 0.191 e. The molecule has 2 unspecified atom stereocenters. The molecule has 0 bridgehead atoms. The molecule has 0 saturated carbocycles. The molecule has 0 saturated heterocycles. The zero-order valence-corrected chi connectivity index (χ0v) is 18.9. The van der Waals surface area contributed by atoms with E-state index in [1.54, 1.807) is 11.3 Å². The number of thiophene rings is 1. The highest BCUT2D eigenvalue weighted by Crippen LogP contribution is 2.23. The van der Waals surface area contributed by atoms with E-state index in [9.17, 15) is 5.11 Å². The Labute approximate surface area is 178 Å². The first-order valence-electron chi connectivity index (χ1n) is 10.1. The fourth-order valence-electron chi connectivity index (χ4n) is 2.89. The van der Waals surface area contributed by atoms with Gasteiger partial charge in [0.25, 0.3) is 0 Å². The number of hydrogen-bond acceptors (Lipinski definition) is 5. The Morgan fingerprint density at radius 1 is 1.21 bits per heavy atom. The first kappa shape index (κ1) is 23.2. The molecule has 6 nitrogen and oxygen atoms in total. The Bertz CT molecular complexity index is 747. The van der Waals surface area contributed by atoms with Crippen LogP contribution in [0.25, 0.3) is 0 Å². The largest absolute Gasteiger partial charge is 0.491 e. The molecule has 0 radical (unpaired) electrons. The Hall–Kier alpha value is -2.09. The zero-order chi connectivity index (χ0) is 21.2. The van der Waals surface area contributed by atoms with E-state index in [1.165, 1.54) is 4.88 Å². The second kappa shape index (κ2) is 11.8. The molecule has 1 aromatic carbocycles. The minimum Gasteiger partial charge on any atom is -0.491 e. The molecule has 1 aromatic heterocycles. The van der Waals surface area contributed by atoms with Crippen molar-refractivity contribution >= 4 is 17.3 Å². The van der Waals surface area contributed by atoms with Crippen LogP contribution in [0.2, 0.25) is 0 Å². The summed E-state index contributed by atoms with van der Waals surface area (Å²) in [5.41, 5.74) is 0.816. The van der Waals surface area contributed by atoms with E-state index in [4.69, 9.17) is 9.73 Å². The SMILES string of the molecule is CCNC(=NCC(c1cccs1)N(C)C)NCC(O)c1cccc(OC(C)C)c1. The average Bonchev–Trinajstić information content (AvgIpc) is 3.19. The lowest BCUT2D eigenvalue weighted by Gasteiger charge is -2.22. The van der Waals surface area contributed by atoms with Gasteiger partial charge in [-0.25, -0.2) is 0 Å². The van der Waals surface area contributed by atoms with E-state index in [0.29, 0.717) is 19.0 Å². The Morgan fingerprint density at radius 3 is 2.62 bits per heavy atom. The van der Waals surface area contributed by atoms with Crippen LogP contribution in [0.1, 0.15) is 43.4 Å². The van der Waals surface area contributed by atoms with Crippen molar-refractivity contribution in [2.75, 3.05) is 33.7 Å². The molecule has 160 valence electrons. The number of guanidine groups is 1. The summed E-state index contributed by atoms with van der Waals surface area (Å²) in [4.78, 5) is 8.20. The van der Waals surface area contributed by atoms with Gasteiger partial charge in [0.2, 0.25) is 0 Å². The van der Waals surface area contributed by atoms with Crippen molar-refractivity contribution < 1.29 is 9.84 Å². The molecule has 0 spiro atoms. The number of aliphatic hydroxyl groups excluding tert-OH is 1. The van der Waals surface area contributed by atoms with E-state index < -0.39 is 6.10 Å². The molecule has 2 atom stereocenters. The third kappa shape index (κ3) is 7.68. The van der Waals surface area contributed by atoms with Crippen LogP contribution in [0.15, 0.2) is 46.8 Å². The Morgan fingerprint density at radius 2 is 2.00 bits per heavy atom. The van der Waals surface area contributed by atoms with Gasteiger partial charge in [-0.2, -0.15) is 0 Å². The summed E-state index contributed by atoms with van der Waals surface area (Å²) >= 11 is 1.74. The van der Waals surface area contributed by atoms with Gasteiger partial charge in [0, 0.05) is 18.0 Å². The van der Waals surface area contributed by atoms with E-state index in [1.807, 2.05) is 45.0 Å². The Kier molecular flexibility index (Phi) is 9.44. The molecule has 7 heteroatoms. The molecule has 29 heavy (non-hydrogen) atoms. The third-order valence-electron chi connectivity index (χ3n) is 4.34. The van der Waals surface area contributed by atoms with E-state index in [-0.39, 0.29) is 12.1 Å². The van der Waals surface area contributed by atoms with Crippen LogP contribution in [0.4, 0.5) is 0 Å². The van der Waals surface area contributed by atoms with Gasteiger partial charge in [-0.05, 0) is 64.0 Å². The number of aliphatic imine (C=N–C) groups is 1. The highest BCUT2D eigenvalue weighted by atomic mass is 32.1. The standard InChI is InChI=1S/C22H34N4O2S/c1-6-23-22(24-14-19(26(4)5)21-11-8-12-29-21)25-15-20(27)17-9-7-10-18(13-17)28-16(2)3/h7-13,16,19-20,27H,6,14-15H2,1-5H3,(H2,23,24,25). The quantitative estimate of drug-likeness (QED) is 0.407. The van der Waals surface area contributed by atoms with Crippen LogP contribution in [0, 0.1) is 0 Å². The predicted molar refractivity (Wildman–Crippen MR) is 122 cm³/mol. The molecule has 0 aliphatic carbocycles. The van der Waals surface area contributed by atoms with Crippen LogP contribution in [0.3, 0.4) is 0 Å². The molecular weight excluding hydrogens is 384 g/mol.